The van der Waals surface area contributed by atoms with E-state index in [0.29, 0.717) is 11.3 Å². The Morgan fingerprint density at radius 2 is 1.78 bits per heavy atom. The zero-order valence-corrected chi connectivity index (χ0v) is 9.68. The van der Waals surface area contributed by atoms with Crippen LogP contribution < -0.4 is 10.6 Å². The molecule has 0 aliphatic heterocycles. The first-order valence-electron chi connectivity index (χ1n) is 4.96. The van der Waals surface area contributed by atoms with Gasteiger partial charge in [-0.25, -0.2) is 4.79 Å². The van der Waals surface area contributed by atoms with Crippen molar-refractivity contribution in [3.8, 4) is 0 Å². The summed E-state index contributed by atoms with van der Waals surface area (Å²) in [5.74, 6) is -2.30. The lowest BCUT2D eigenvalue weighted by molar-refractivity contribution is -0.172. The van der Waals surface area contributed by atoms with Gasteiger partial charge < -0.3 is 5.32 Å². The number of nitrogens with one attached hydrogen (secondary N) is 2. The molecule has 0 bridgehead atoms. The molecular formula is C11H11F3N2O2. The standard InChI is InChI=1S/C11H11F3N2O2/c1-6-3-4-7(2)8(5-6)15-10(18)16-9(17)11(12,13)14/h3-5H,1-2H3,(H2,15,16,17,18). The van der Waals surface area contributed by atoms with Crippen LogP contribution in [-0.2, 0) is 4.79 Å². The first-order chi connectivity index (χ1) is 8.20. The fourth-order valence-electron chi connectivity index (χ4n) is 1.20. The quantitative estimate of drug-likeness (QED) is 0.815. The van der Waals surface area contributed by atoms with E-state index in [1.807, 2.05) is 0 Å². The zero-order chi connectivity index (χ0) is 13.9. The van der Waals surface area contributed by atoms with Gasteiger partial charge in [0, 0.05) is 5.69 Å². The predicted molar refractivity (Wildman–Crippen MR) is 59.1 cm³/mol. The average Bonchev–Trinajstić information content (AvgIpc) is 2.22. The molecule has 0 aliphatic carbocycles. The molecule has 0 atom stereocenters. The topological polar surface area (TPSA) is 58.2 Å². The molecule has 0 aliphatic rings. The SMILES string of the molecule is Cc1ccc(C)c(NC(=O)NC(=O)C(F)(F)F)c1. The van der Waals surface area contributed by atoms with Crippen molar-refractivity contribution in [1.82, 2.24) is 5.32 Å². The van der Waals surface area contributed by atoms with E-state index in [1.165, 1.54) is 5.32 Å². The molecule has 0 saturated heterocycles. The molecule has 0 saturated carbocycles. The van der Waals surface area contributed by atoms with Crippen LogP contribution in [0.25, 0.3) is 0 Å². The van der Waals surface area contributed by atoms with Crippen molar-refractivity contribution < 1.29 is 22.8 Å². The monoisotopic (exact) mass is 260 g/mol. The minimum atomic E-state index is -5.08. The Hall–Kier alpha value is -2.05. The summed E-state index contributed by atoms with van der Waals surface area (Å²) < 4.78 is 35.7. The fourth-order valence-corrected chi connectivity index (χ4v) is 1.20. The van der Waals surface area contributed by atoms with Crippen LogP contribution in [0, 0.1) is 13.8 Å². The molecule has 0 radical (unpaired) electrons. The fraction of sp³-hybridized carbons (Fsp3) is 0.273. The van der Waals surface area contributed by atoms with Gasteiger partial charge >= 0.3 is 18.1 Å². The molecule has 4 nitrogen and oxygen atoms in total. The summed E-state index contributed by atoms with van der Waals surface area (Å²) in [6.07, 6.45) is -5.08. The number of rotatable bonds is 1. The molecule has 1 rings (SSSR count). The number of aryl methyl sites for hydroxylation is 2. The van der Waals surface area contributed by atoms with Gasteiger partial charge in [-0.1, -0.05) is 12.1 Å². The number of imide groups is 1. The molecule has 7 heteroatoms. The first kappa shape index (κ1) is 14.0. The number of amides is 3. The number of alkyl halides is 3. The van der Waals surface area contributed by atoms with E-state index in [9.17, 15) is 22.8 Å². The lowest BCUT2D eigenvalue weighted by Gasteiger charge is -2.10. The van der Waals surface area contributed by atoms with Gasteiger partial charge in [-0.2, -0.15) is 13.2 Å². The van der Waals surface area contributed by atoms with E-state index in [4.69, 9.17) is 0 Å². The predicted octanol–water partition coefficient (Wildman–Crippen LogP) is 2.51. The van der Waals surface area contributed by atoms with Gasteiger partial charge in [0.1, 0.15) is 0 Å². The lowest BCUT2D eigenvalue weighted by atomic mass is 10.1. The number of urea groups is 1. The molecule has 0 unspecified atom stereocenters. The number of anilines is 1. The van der Waals surface area contributed by atoms with Crippen LogP contribution >= 0.6 is 0 Å². The van der Waals surface area contributed by atoms with E-state index < -0.39 is 18.1 Å². The van der Waals surface area contributed by atoms with Gasteiger partial charge in [0.2, 0.25) is 0 Å². The van der Waals surface area contributed by atoms with Gasteiger partial charge in [0.15, 0.2) is 0 Å². The number of carbonyl (C=O) groups excluding carboxylic acids is 2. The summed E-state index contributed by atoms with van der Waals surface area (Å²) in [5, 5.41) is 3.38. The summed E-state index contributed by atoms with van der Waals surface area (Å²) >= 11 is 0. The Labute approximate surface area is 101 Å². The van der Waals surface area contributed by atoms with Crippen LogP contribution in [0.1, 0.15) is 11.1 Å². The van der Waals surface area contributed by atoms with Gasteiger partial charge in [0.25, 0.3) is 0 Å². The van der Waals surface area contributed by atoms with Crippen molar-refractivity contribution >= 4 is 17.6 Å². The molecule has 0 aromatic heterocycles. The molecule has 3 amide bonds. The largest absolute Gasteiger partial charge is 0.471 e. The third-order valence-electron chi connectivity index (χ3n) is 2.13. The van der Waals surface area contributed by atoms with Crippen LogP contribution in [0.15, 0.2) is 18.2 Å². The molecular weight excluding hydrogens is 249 g/mol. The first-order valence-corrected chi connectivity index (χ1v) is 4.96. The molecule has 2 N–H and O–H groups in total. The van der Waals surface area contributed by atoms with Crippen molar-refractivity contribution in [1.29, 1.82) is 0 Å². The second-order valence-corrected chi connectivity index (χ2v) is 3.72. The zero-order valence-electron chi connectivity index (χ0n) is 9.68. The second-order valence-electron chi connectivity index (χ2n) is 3.72. The van der Waals surface area contributed by atoms with Crippen LogP contribution in [0.5, 0.6) is 0 Å². The summed E-state index contributed by atoms with van der Waals surface area (Å²) in [6, 6.07) is 3.87. The third kappa shape index (κ3) is 3.76. The van der Waals surface area contributed by atoms with Crippen molar-refractivity contribution in [3.63, 3.8) is 0 Å². The molecule has 0 spiro atoms. The maximum atomic E-state index is 11.9. The summed E-state index contributed by atoms with van der Waals surface area (Å²) in [6.45, 7) is 3.45. The number of hydrogen-bond donors (Lipinski definition) is 2. The van der Waals surface area contributed by atoms with E-state index in [-0.39, 0.29) is 0 Å². The van der Waals surface area contributed by atoms with Crippen LogP contribution in [0.4, 0.5) is 23.7 Å². The van der Waals surface area contributed by atoms with Gasteiger partial charge in [-0.3, -0.25) is 10.1 Å². The molecule has 18 heavy (non-hydrogen) atoms. The number of benzene rings is 1. The van der Waals surface area contributed by atoms with Gasteiger partial charge in [-0.15, -0.1) is 0 Å². The Morgan fingerprint density at radius 1 is 1.17 bits per heavy atom. The van der Waals surface area contributed by atoms with E-state index in [2.05, 4.69) is 5.32 Å². The Kier molecular flexibility index (Phi) is 3.95. The highest BCUT2D eigenvalue weighted by molar-refractivity contribution is 6.03. The van der Waals surface area contributed by atoms with Crippen molar-refractivity contribution in [2.24, 2.45) is 0 Å². The van der Waals surface area contributed by atoms with E-state index >= 15 is 0 Å². The molecule has 0 fully saturated rings. The number of hydrogen-bond acceptors (Lipinski definition) is 2. The Bertz CT molecular complexity index is 484. The Balaban J connectivity index is 2.71. The lowest BCUT2D eigenvalue weighted by Crippen LogP contribution is -2.42. The van der Waals surface area contributed by atoms with Gasteiger partial charge in [-0.05, 0) is 31.0 Å². The van der Waals surface area contributed by atoms with Crippen LogP contribution in [0.3, 0.4) is 0 Å². The highest BCUT2D eigenvalue weighted by Crippen LogP contribution is 2.17. The third-order valence-corrected chi connectivity index (χ3v) is 2.13. The summed E-state index contributed by atoms with van der Waals surface area (Å²) in [7, 11) is 0. The maximum Gasteiger partial charge on any atom is 0.471 e. The number of carbonyl (C=O) groups is 2. The van der Waals surface area contributed by atoms with Gasteiger partial charge in [0.05, 0.1) is 0 Å². The highest BCUT2D eigenvalue weighted by Gasteiger charge is 2.39. The maximum absolute atomic E-state index is 11.9. The summed E-state index contributed by atoms with van der Waals surface area (Å²) in [5.41, 5.74) is 1.86. The van der Waals surface area contributed by atoms with Crippen LogP contribution in [-0.4, -0.2) is 18.1 Å². The number of halogens is 3. The Morgan fingerprint density at radius 3 is 2.33 bits per heavy atom. The normalized spacial score (nSPS) is 10.9. The van der Waals surface area contributed by atoms with E-state index in [1.54, 1.807) is 32.0 Å². The molecule has 1 aromatic rings. The van der Waals surface area contributed by atoms with Crippen molar-refractivity contribution in [2.75, 3.05) is 5.32 Å². The van der Waals surface area contributed by atoms with Crippen molar-refractivity contribution in [2.45, 2.75) is 20.0 Å². The minimum Gasteiger partial charge on any atom is -0.307 e. The molecule has 1 aromatic carbocycles. The highest BCUT2D eigenvalue weighted by atomic mass is 19.4. The molecule has 0 heterocycles. The van der Waals surface area contributed by atoms with Crippen molar-refractivity contribution in [3.05, 3.63) is 29.3 Å². The smallest absolute Gasteiger partial charge is 0.307 e. The second kappa shape index (κ2) is 5.07. The minimum absolute atomic E-state index is 0.350. The van der Waals surface area contributed by atoms with E-state index in [0.717, 1.165) is 5.56 Å². The van der Waals surface area contributed by atoms with Crippen LogP contribution in [0.2, 0.25) is 0 Å². The average molecular weight is 260 g/mol. The summed E-state index contributed by atoms with van der Waals surface area (Å²) in [4.78, 5) is 21.7. The molecule has 98 valence electrons.